The molecule has 1 aromatic carbocycles. The first kappa shape index (κ1) is 20.4. The molecule has 6 N–H and O–H groups in total. The predicted molar refractivity (Wildman–Crippen MR) is 89.6 cm³/mol. The van der Waals surface area contributed by atoms with Crippen LogP contribution in [0.1, 0.15) is 19.4 Å². The van der Waals surface area contributed by atoms with Crippen LogP contribution in [0.4, 0.5) is 0 Å². The van der Waals surface area contributed by atoms with Gasteiger partial charge in [-0.05, 0) is 24.1 Å². The van der Waals surface area contributed by atoms with Crippen molar-refractivity contribution in [2.75, 3.05) is 13.2 Å². The topological polar surface area (TPSA) is 149 Å². The second-order valence-electron chi connectivity index (χ2n) is 6.60. The van der Waals surface area contributed by atoms with Crippen molar-refractivity contribution in [3.63, 3.8) is 0 Å². The summed E-state index contributed by atoms with van der Waals surface area (Å²) in [5.74, 6) is -0.383. The third-order valence-corrected chi connectivity index (χ3v) is 3.96. The van der Waals surface area contributed by atoms with E-state index in [0.29, 0.717) is 17.9 Å². The van der Waals surface area contributed by atoms with Crippen LogP contribution in [0, 0.1) is 0 Å². The normalized spacial score (nSPS) is 19.5. The summed E-state index contributed by atoms with van der Waals surface area (Å²) in [4.78, 5) is 11.8. The number of aliphatic hydroxyl groups is 5. The van der Waals surface area contributed by atoms with Gasteiger partial charge in [0.25, 0.3) is 5.91 Å². The molecule has 2 rings (SSSR count). The summed E-state index contributed by atoms with van der Waals surface area (Å²) in [6.07, 6.45) is -6.94. The summed E-state index contributed by atoms with van der Waals surface area (Å²) in [5, 5.41) is 49.3. The standard InChI is InChI=1S/C17H25NO8/c1-17(2)25-11-4-3-9(7-12(11)26-17)5-6-18-16(24)15(23)14(22)13(21)10(20)8-19/h3-4,7,10,13-15,19-23H,5-6,8H2,1-2H3,(H,18,24). The maximum atomic E-state index is 11.8. The number of rotatable bonds is 8. The van der Waals surface area contributed by atoms with Crippen LogP contribution in [0.25, 0.3) is 0 Å². The van der Waals surface area contributed by atoms with E-state index in [1.165, 1.54) is 0 Å². The third kappa shape index (κ3) is 4.83. The summed E-state index contributed by atoms with van der Waals surface area (Å²) >= 11 is 0. The summed E-state index contributed by atoms with van der Waals surface area (Å²) < 4.78 is 11.2. The molecule has 146 valence electrons. The molecule has 4 atom stereocenters. The van der Waals surface area contributed by atoms with Gasteiger partial charge in [-0.3, -0.25) is 4.79 Å². The lowest BCUT2D eigenvalue weighted by atomic mass is 10.0. The van der Waals surface area contributed by atoms with Gasteiger partial charge in [0.15, 0.2) is 17.6 Å². The third-order valence-electron chi connectivity index (χ3n) is 3.96. The van der Waals surface area contributed by atoms with Crippen LogP contribution in [0.3, 0.4) is 0 Å². The highest BCUT2D eigenvalue weighted by molar-refractivity contribution is 5.81. The fourth-order valence-corrected chi connectivity index (χ4v) is 2.53. The summed E-state index contributed by atoms with van der Waals surface area (Å²) in [6.45, 7) is 2.95. The van der Waals surface area contributed by atoms with Gasteiger partial charge in [-0.1, -0.05) is 6.07 Å². The minimum absolute atomic E-state index is 0.171. The number of ether oxygens (including phenoxy) is 2. The number of benzene rings is 1. The van der Waals surface area contributed by atoms with Crippen molar-refractivity contribution in [1.29, 1.82) is 0 Å². The Kier molecular flexibility index (Phi) is 6.43. The molecule has 1 aliphatic heterocycles. The largest absolute Gasteiger partial charge is 0.449 e. The second kappa shape index (κ2) is 8.19. The number of amides is 1. The molecular formula is C17H25NO8. The fraction of sp³-hybridized carbons (Fsp3) is 0.588. The van der Waals surface area contributed by atoms with Gasteiger partial charge in [-0.15, -0.1) is 0 Å². The van der Waals surface area contributed by atoms with Crippen LogP contribution in [-0.2, 0) is 11.2 Å². The molecule has 0 saturated carbocycles. The molecule has 9 nitrogen and oxygen atoms in total. The van der Waals surface area contributed by atoms with Crippen molar-refractivity contribution in [3.05, 3.63) is 23.8 Å². The molecule has 9 heteroatoms. The molecule has 0 aromatic heterocycles. The molecule has 1 heterocycles. The van der Waals surface area contributed by atoms with E-state index in [9.17, 15) is 25.2 Å². The lowest BCUT2D eigenvalue weighted by Crippen LogP contribution is -2.51. The zero-order chi connectivity index (χ0) is 19.5. The van der Waals surface area contributed by atoms with Gasteiger partial charge in [0, 0.05) is 20.4 Å². The summed E-state index contributed by atoms with van der Waals surface area (Å²) in [6, 6.07) is 5.39. The Hall–Kier alpha value is -1.91. The monoisotopic (exact) mass is 371 g/mol. The summed E-state index contributed by atoms with van der Waals surface area (Å²) in [5.41, 5.74) is 0.871. The minimum atomic E-state index is -1.94. The maximum Gasteiger partial charge on any atom is 0.251 e. The summed E-state index contributed by atoms with van der Waals surface area (Å²) in [7, 11) is 0. The molecule has 0 bridgehead atoms. The molecule has 0 radical (unpaired) electrons. The first-order valence-electron chi connectivity index (χ1n) is 8.26. The van der Waals surface area contributed by atoms with Gasteiger partial charge in [0.05, 0.1) is 6.61 Å². The average molecular weight is 371 g/mol. The minimum Gasteiger partial charge on any atom is -0.449 e. The van der Waals surface area contributed by atoms with E-state index in [4.69, 9.17) is 14.6 Å². The van der Waals surface area contributed by atoms with Gasteiger partial charge in [0.2, 0.25) is 5.79 Å². The van der Waals surface area contributed by atoms with Crippen LogP contribution >= 0.6 is 0 Å². The zero-order valence-corrected chi connectivity index (χ0v) is 14.6. The van der Waals surface area contributed by atoms with Crippen LogP contribution in [-0.4, -0.2) is 74.8 Å². The molecule has 26 heavy (non-hydrogen) atoms. The lowest BCUT2D eigenvalue weighted by Gasteiger charge is -2.24. The Morgan fingerprint density at radius 3 is 2.42 bits per heavy atom. The molecule has 1 aliphatic rings. The van der Waals surface area contributed by atoms with E-state index < -0.39 is 42.7 Å². The van der Waals surface area contributed by atoms with Crippen LogP contribution in [0.2, 0.25) is 0 Å². The van der Waals surface area contributed by atoms with E-state index in [1.807, 2.05) is 6.07 Å². The molecule has 0 spiro atoms. The van der Waals surface area contributed by atoms with E-state index in [2.05, 4.69) is 5.32 Å². The molecule has 0 saturated heterocycles. The average Bonchev–Trinajstić information content (AvgIpc) is 2.91. The number of fused-ring (bicyclic) bond motifs is 1. The first-order valence-corrected chi connectivity index (χ1v) is 8.26. The number of hydrogen-bond donors (Lipinski definition) is 6. The Bertz CT molecular complexity index is 635. The van der Waals surface area contributed by atoms with E-state index >= 15 is 0 Å². The molecule has 0 aliphatic carbocycles. The molecule has 0 fully saturated rings. The number of carbonyl (C=O) groups is 1. The van der Waals surface area contributed by atoms with Gasteiger partial charge >= 0.3 is 0 Å². The Labute approximate surface area is 150 Å². The molecule has 1 aromatic rings. The first-order chi connectivity index (χ1) is 12.1. The van der Waals surface area contributed by atoms with Crippen molar-refractivity contribution >= 4 is 5.91 Å². The number of hydrogen-bond acceptors (Lipinski definition) is 8. The Morgan fingerprint density at radius 2 is 1.77 bits per heavy atom. The van der Waals surface area contributed by atoms with Gasteiger partial charge < -0.3 is 40.3 Å². The van der Waals surface area contributed by atoms with E-state index in [1.54, 1.807) is 26.0 Å². The smallest absolute Gasteiger partial charge is 0.251 e. The fourth-order valence-electron chi connectivity index (χ4n) is 2.53. The highest BCUT2D eigenvalue weighted by Gasteiger charge is 2.34. The second-order valence-corrected chi connectivity index (χ2v) is 6.60. The molecular weight excluding hydrogens is 346 g/mol. The zero-order valence-electron chi connectivity index (χ0n) is 14.6. The van der Waals surface area contributed by atoms with Crippen molar-refractivity contribution in [2.24, 2.45) is 0 Å². The SMILES string of the molecule is CC1(C)Oc2ccc(CCNC(=O)C(O)C(O)C(O)C(O)CO)cc2O1. The highest BCUT2D eigenvalue weighted by atomic mass is 16.7. The van der Waals surface area contributed by atoms with Crippen LogP contribution in [0.5, 0.6) is 11.5 Å². The van der Waals surface area contributed by atoms with Crippen molar-refractivity contribution in [2.45, 2.75) is 50.5 Å². The Morgan fingerprint density at radius 1 is 1.12 bits per heavy atom. The van der Waals surface area contributed by atoms with Gasteiger partial charge in [-0.25, -0.2) is 0 Å². The lowest BCUT2D eigenvalue weighted by molar-refractivity contribution is -0.148. The number of nitrogens with one attached hydrogen (secondary N) is 1. The number of carbonyl (C=O) groups excluding carboxylic acids is 1. The van der Waals surface area contributed by atoms with Crippen LogP contribution < -0.4 is 14.8 Å². The van der Waals surface area contributed by atoms with Crippen molar-refractivity contribution in [1.82, 2.24) is 5.32 Å². The Balaban J connectivity index is 1.83. The maximum absolute atomic E-state index is 11.8. The van der Waals surface area contributed by atoms with Gasteiger partial charge in [0.1, 0.15) is 18.3 Å². The van der Waals surface area contributed by atoms with Crippen molar-refractivity contribution < 1.29 is 39.8 Å². The molecule has 4 unspecified atom stereocenters. The van der Waals surface area contributed by atoms with E-state index in [0.717, 1.165) is 5.56 Å². The highest BCUT2D eigenvalue weighted by Crippen LogP contribution is 2.39. The predicted octanol–water partition coefficient (Wildman–Crippen LogP) is -1.71. The van der Waals surface area contributed by atoms with E-state index in [-0.39, 0.29) is 6.54 Å². The number of aliphatic hydroxyl groups excluding tert-OH is 5. The molecule has 1 amide bonds. The van der Waals surface area contributed by atoms with Crippen LogP contribution in [0.15, 0.2) is 18.2 Å². The quantitative estimate of drug-likeness (QED) is 0.316. The van der Waals surface area contributed by atoms with Gasteiger partial charge in [-0.2, -0.15) is 0 Å². The van der Waals surface area contributed by atoms with Crippen molar-refractivity contribution in [3.8, 4) is 11.5 Å².